The fourth-order valence-corrected chi connectivity index (χ4v) is 1.18. The van der Waals surface area contributed by atoms with E-state index in [1.807, 2.05) is 0 Å². The molecule has 1 fully saturated rings. The number of hydrogen-bond donors (Lipinski definition) is 2. The molecule has 0 aromatic rings. The summed E-state index contributed by atoms with van der Waals surface area (Å²) in [7, 11) is 0. The summed E-state index contributed by atoms with van der Waals surface area (Å²) in [6, 6.07) is -1.65. The van der Waals surface area contributed by atoms with Crippen molar-refractivity contribution < 1.29 is 19.5 Å². The molecule has 0 bridgehead atoms. The number of nitrogens with one attached hydrogen (secondary N) is 2. The van der Waals surface area contributed by atoms with Crippen LogP contribution in [0.2, 0.25) is 0 Å². The molecule has 0 spiro atoms. The number of aliphatic carboxylic acids is 1. The van der Waals surface area contributed by atoms with E-state index in [1.54, 1.807) is 0 Å². The molecule has 0 saturated carbocycles. The van der Waals surface area contributed by atoms with Crippen LogP contribution in [-0.2, 0) is 14.4 Å². The van der Waals surface area contributed by atoms with Crippen molar-refractivity contribution in [2.45, 2.75) is 31.8 Å². The molecule has 14 heavy (non-hydrogen) atoms. The van der Waals surface area contributed by atoms with Gasteiger partial charge in [-0.2, -0.15) is 0 Å². The minimum absolute atomic E-state index is 0.189. The maximum absolute atomic E-state index is 11.3. The largest absolute Gasteiger partial charge is 0.548 e. The predicted molar refractivity (Wildman–Crippen MR) is 43.8 cm³/mol. The molecule has 1 heterocycles. The van der Waals surface area contributed by atoms with Crippen molar-refractivity contribution in [3.8, 4) is 0 Å². The van der Waals surface area contributed by atoms with Crippen LogP contribution >= 0.6 is 0 Å². The van der Waals surface area contributed by atoms with Crippen LogP contribution in [0.3, 0.4) is 0 Å². The molecule has 1 rings (SSSR count). The van der Waals surface area contributed by atoms with E-state index in [4.69, 9.17) is 0 Å². The average molecular weight is 199 g/mol. The second kappa shape index (κ2) is 4.08. The topological polar surface area (TPSA) is 98.3 Å². The van der Waals surface area contributed by atoms with Gasteiger partial charge >= 0.3 is 0 Å². The van der Waals surface area contributed by atoms with Gasteiger partial charge in [-0.25, -0.2) is 0 Å². The number of rotatable bonds is 3. The summed E-state index contributed by atoms with van der Waals surface area (Å²) in [5, 5.41) is 15.0. The highest BCUT2D eigenvalue weighted by Gasteiger charge is 2.27. The Morgan fingerprint density at radius 1 is 1.64 bits per heavy atom. The van der Waals surface area contributed by atoms with Gasteiger partial charge in [0.25, 0.3) is 0 Å². The highest BCUT2D eigenvalue weighted by molar-refractivity contribution is 5.92. The molecule has 78 valence electrons. The van der Waals surface area contributed by atoms with Gasteiger partial charge in [-0.1, -0.05) is 0 Å². The summed E-state index contributed by atoms with van der Waals surface area (Å²) >= 11 is 0. The maximum Gasteiger partial charge on any atom is 0.243 e. The van der Waals surface area contributed by atoms with Gasteiger partial charge in [-0.15, -0.1) is 0 Å². The molecule has 1 saturated heterocycles. The van der Waals surface area contributed by atoms with Crippen molar-refractivity contribution >= 4 is 17.8 Å². The fraction of sp³-hybridized carbons (Fsp3) is 0.625. The van der Waals surface area contributed by atoms with Gasteiger partial charge in [0, 0.05) is 6.42 Å². The van der Waals surface area contributed by atoms with Gasteiger partial charge in [-0.3, -0.25) is 9.59 Å². The summed E-state index contributed by atoms with van der Waals surface area (Å²) in [6.07, 6.45) is 0.711. The SMILES string of the molecule is C[C@H](NC(=O)[C@@H]1CCC(=O)N1)C(=O)[O-]. The molecule has 0 aromatic heterocycles. The third-order valence-corrected chi connectivity index (χ3v) is 2.02. The van der Waals surface area contributed by atoms with Gasteiger partial charge in [0.15, 0.2) is 0 Å². The zero-order valence-electron chi connectivity index (χ0n) is 7.70. The summed E-state index contributed by atoms with van der Waals surface area (Å²) in [6.45, 7) is 1.31. The summed E-state index contributed by atoms with van der Waals surface area (Å²) in [4.78, 5) is 32.3. The minimum atomic E-state index is -1.34. The van der Waals surface area contributed by atoms with Crippen molar-refractivity contribution in [1.29, 1.82) is 0 Å². The van der Waals surface area contributed by atoms with Crippen LogP contribution < -0.4 is 15.7 Å². The minimum Gasteiger partial charge on any atom is -0.548 e. The molecule has 1 aliphatic rings. The number of carboxylic acids is 1. The van der Waals surface area contributed by atoms with Crippen molar-refractivity contribution in [2.24, 2.45) is 0 Å². The first-order chi connectivity index (χ1) is 6.50. The van der Waals surface area contributed by atoms with Crippen molar-refractivity contribution in [3.05, 3.63) is 0 Å². The standard InChI is InChI=1S/C8H12N2O4/c1-4(8(13)14)9-7(12)5-2-3-6(11)10-5/h4-5H,2-3H2,1H3,(H,9,12)(H,10,11)(H,13,14)/p-1/t4-,5-/m0/s1. The van der Waals surface area contributed by atoms with Gasteiger partial charge < -0.3 is 20.5 Å². The Hall–Kier alpha value is -1.59. The van der Waals surface area contributed by atoms with Crippen LogP contribution in [0.1, 0.15) is 19.8 Å². The fourth-order valence-electron chi connectivity index (χ4n) is 1.18. The monoisotopic (exact) mass is 199 g/mol. The molecule has 0 radical (unpaired) electrons. The third-order valence-electron chi connectivity index (χ3n) is 2.02. The molecule has 6 heteroatoms. The first kappa shape index (κ1) is 10.5. The Bertz CT molecular complexity index is 277. The number of carbonyl (C=O) groups is 3. The predicted octanol–water partition coefficient (Wildman–Crippen LogP) is -2.48. The van der Waals surface area contributed by atoms with Crippen LogP contribution in [0.15, 0.2) is 0 Å². The molecule has 0 unspecified atom stereocenters. The molecular weight excluding hydrogens is 188 g/mol. The number of carboxylic acid groups (broad SMARTS) is 1. The van der Waals surface area contributed by atoms with E-state index in [0.717, 1.165) is 0 Å². The second-order valence-corrected chi connectivity index (χ2v) is 3.21. The zero-order chi connectivity index (χ0) is 10.7. The lowest BCUT2D eigenvalue weighted by atomic mass is 10.2. The third kappa shape index (κ3) is 2.45. The highest BCUT2D eigenvalue weighted by atomic mass is 16.4. The summed E-state index contributed by atoms with van der Waals surface area (Å²) in [5.41, 5.74) is 0. The Balaban J connectivity index is 2.42. The second-order valence-electron chi connectivity index (χ2n) is 3.21. The van der Waals surface area contributed by atoms with Gasteiger partial charge in [0.1, 0.15) is 6.04 Å². The lowest BCUT2D eigenvalue weighted by Crippen LogP contribution is -2.51. The first-order valence-electron chi connectivity index (χ1n) is 4.31. The smallest absolute Gasteiger partial charge is 0.243 e. The van der Waals surface area contributed by atoms with Crippen LogP contribution in [-0.4, -0.2) is 29.9 Å². The molecule has 2 amide bonds. The number of carbonyl (C=O) groups excluding carboxylic acids is 3. The summed E-state index contributed by atoms with van der Waals surface area (Å²) in [5.74, 6) is -2.01. The maximum atomic E-state index is 11.3. The molecule has 2 atom stereocenters. The van der Waals surface area contributed by atoms with E-state index in [9.17, 15) is 19.5 Å². The van der Waals surface area contributed by atoms with Crippen molar-refractivity contribution in [3.63, 3.8) is 0 Å². The Morgan fingerprint density at radius 2 is 2.29 bits per heavy atom. The average Bonchev–Trinajstić information content (AvgIpc) is 2.51. The zero-order valence-corrected chi connectivity index (χ0v) is 7.70. The molecule has 2 N–H and O–H groups in total. The van der Waals surface area contributed by atoms with Crippen LogP contribution in [0.5, 0.6) is 0 Å². The van der Waals surface area contributed by atoms with E-state index in [-0.39, 0.29) is 5.91 Å². The van der Waals surface area contributed by atoms with Crippen molar-refractivity contribution in [2.75, 3.05) is 0 Å². The lowest BCUT2D eigenvalue weighted by molar-refractivity contribution is -0.307. The van der Waals surface area contributed by atoms with Gasteiger partial charge in [-0.05, 0) is 13.3 Å². The Morgan fingerprint density at radius 3 is 2.71 bits per heavy atom. The number of hydrogen-bond acceptors (Lipinski definition) is 4. The van der Waals surface area contributed by atoms with Crippen LogP contribution in [0, 0.1) is 0 Å². The normalized spacial score (nSPS) is 22.6. The van der Waals surface area contributed by atoms with E-state index in [1.165, 1.54) is 6.92 Å². The van der Waals surface area contributed by atoms with E-state index >= 15 is 0 Å². The lowest BCUT2D eigenvalue weighted by Gasteiger charge is -2.17. The van der Waals surface area contributed by atoms with E-state index in [2.05, 4.69) is 10.6 Å². The van der Waals surface area contributed by atoms with Gasteiger partial charge in [0.05, 0.1) is 12.0 Å². The first-order valence-corrected chi connectivity index (χ1v) is 4.31. The van der Waals surface area contributed by atoms with Crippen LogP contribution in [0.25, 0.3) is 0 Å². The summed E-state index contributed by atoms with van der Waals surface area (Å²) < 4.78 is 0. The Kier molecular flexibility index (Phi) is 3.06. The molecule has 6 nitrogen and oxygen atoms in total. The Labute approximate surface area is 80.7 Å². The molecule has 1 aliphatic heterocycles. The molecule has 0 aromatic carbocycles. The number of amides is 2. The van der Waals surface area contributed by atoms with Crippen LogP contribution in [0.4, 0.5) is 0 Å². The van der Waals surface area contributed by atoms with Gasteiger partial charge in [0.2, 0.25) is 11.8 Å². The molecule has 0 aliphatic carbocycles. The molecular formula is C8H11N2O4-. The quantitative estimate of drug-likeness (QED) is 0.525. The highest BCUT2D eigenvalue weighted by Crippen LogP contribution is 2.06. The van der Waals surface area contributed by atoms with E-state index < -0.39 is 24.0 Å². The van der Waals surface area contributed by atoms with E-state index in [0.29, 0.717) is 12.8 Å². The van der Waals surface area contributed by atoms with Crippen molar-refractivity contribution in [1.82, 2.24) is 10.6 Å².